The van der Waals surface area contributed by atoms with Crippen molar-refractivity contribution >= 4 is 11.6 Å². The molecule has 2 aromatic rings. The molecular formula is C17H16N2O4. The van der Waals surface area contributed by atoms with E-state index < -0.39 is 17.4 Å². The number of para-hydroxylation sites is 1. The van der Waals surface area contributed by atoms with Gasteiger partial charge in [-0.15, -0.1) is 4.91 Å². The predicted octanol–water partition coefficient (Wildman–Crippen LogP) is 3.41. The quantitative estimate of drug-likeness (QED) is 0.486. The molecule has 2 N–H and O–H groups in total. The second-order valence-electron chi connectivity index (χ2n) is 4.73. The van der Waals surface area contributed by atoms with Gasteiger partial charge >= 0.3 is 0 Å². The third kappa shape index (κ3) is 4.41. The fourth-order valence-corrected chi connectivity index (χ4v) is 1.96. The molecule has 0 aliphatic rings. The first-order chi connectivity index (χ1) is 11.1. The van der Waals surface area contributed by atoms with Crippen LogP contribution in [-0.4, -0.2) is 18.1 Å². The number of ether oxygens (including phenoxy) is 1. The van der Waals surface area contributed by atoms with Crippen molar-refractivity contribution < 1.29 is 14.6 Å². The maximum Gasteiger partial charge on any atom is 0.281 e. The Balaban J connectivity index is 2.14. The lowest BCUT2D eigenvalue weighted by atomic mass is 10.1. The van der Waals surface area contributed by atoms with Gasteiger partial charge in [-0.25, -0.2) is 0 Å². The van der Waals surface area contributed by atoms with Crippen molar-refractivity contribution in [2.45, 2.75) is 6.42 Å². The predicted molar refractivity (Wildman–Crippen MR) is 87.2 cm³/mol. The third-order valence-electron chi connectivity index (χ3n) is 3.14. The van der Waals surface area contributed by atoms with E-state index in [-0.39, 0.29) is 6.42 Å². The SMILES string of the molecule is COc1ccc(CC(O)=C(N=O)C(=O)Nc2ccccc2)cc1. The minimum absolute atomic E-state index is 0.0211. The zero-order valence-electron chi connectivity index (χ0n) is 12.5. The van der Waals surface area contributed by atoms with Crippen LogP contribution in [0, 0.1) is 4.91 Å². The lowest BCUT2D eigenvalue weighted by molar-refractivity contribution is -0.113. The van der Waals surface area contributed by atoms with Crippen LogP contribution in [0.15, 0.2) is 71.2 Å². The normalized spacial score (nSPS) is 11.3. The molecule has 0 aromatic heterocycles. The van der Waals surface area contributed by atoms with Gasteiger partial charge in [-0.1, -0.05) is 30.3 Å². The molecule has 6 nitrogen and oxygen atoms in total. The Morgan fingerprint density at radius 1 is 1.13 bits per heavy atom. The van der Waals surface area contributed by atoms with Gasteiger partial charge in [0.2, 0.25) is 5.70 Å². The molecule has 118 valence electrons. The molecule has 0 saturated heterocycles. The van der Waals surface area contributed by atoms with E-state index in [1.54, 1.807) is 61.7 Å². The Bertz CT molecular complexity index is 709. The van der Waals surface area contributed by atoms with E-state index in [0.29, 0.717) is 11.4 Å². The van der Waals surface area contributed by atoms with Crippen LogP contribution in [0.5, 0.6) is 5.75 Å². The number of hydrogen-bond acceptors (Lipinski definition) is 5. The molecule has 23 heavy (non-hydrogen) atoms. The van der Waals surface area contributed by atoms with Crippen LogP contribution in [0.25, 0.3) is 0 Å². The zero-order chi connectivity index (χ0) is 16.7. The van der Waals surface area contributed by atoms with Crippen molar-refractivity contribution in [2.75, 3.05) is 12.4 Å². The highest BCUT2D eigenvalue weighted by atomic mass is 16.5. The average Bonchev–Trinajstić information content (AvgIpc) is 2.57. The van der Waals surface area contributed by atoms with E-state index in [0.717, 1.165) is 5.56 Å². The molecule has 0 aliphatic heterocycles. The number of carbonyl (C=O) groups excluding carboxylic acids is 1. The van der Waals surface area contributed by atoms with E-state index in [4.69, 9.17) is 4.74 Å². The Hall–Kier alpha value is -3.15. The minimum atomic E-state index is -0.753. The van der Waals surface area contributed by atoms with Gasteiger partial charge in [0, 0.05) is 12.1 Å². The molecule has 0 bridgehead atoms. The largest absolute Gasteiger partial charge is 0.509 e. The standard InChI is InChI=1S/C17H16N2O4/c1-23-14-9-7-12(8-10-14)11-15(20)16(19-22)17(21)18-13-5-3-2-4-6-13/h2-10,20H,11H2,1H3,(H,18,21). The summed E-state index contributed by atoms with van der Waals surface area (Å²) in [5, 5.41) is 15.2. The molecule has 0 spiro atoms. The summed E-state index contributed by atoms with van der Waals surface area (Å²) in [6, 6.07) is 15.5. The lowest BCUT2D eigenvalue weighted by Crippen LogP contribution is -2.15. The topological polar surface area (TPSA) is 88.0 Å². The maximum absolute atomic E-state index is 12.0. The van der Waals surface area contributed by atoms with Crippen LogP contribution in [-0.2, 0) is 11.2 Å². The molecule has 0 atom stereocenters. The molecule has 2 aromatic carbocycles. The van der Waals surface area contributed by atoms with Crippen molar-refractivity contribution in [3.8, 4) is 5.75 Å². The molecule has 0 radical (unpaired) electrons. The number of benzene rings is 2. The van der Waals surface area contributed by atoms with Gasteiger partial charge in [0.25, 0.3) is 5.91 Å². The van der Waals surface area contributed by atoms with E-state index in [1.807, 2.05) is 0 Å². The monoisotopic (exact) mass is 312 g/mol. The summed E-state index contributed by atoms with van der Waals surface area (Å²) in [7, 11) is 1.55. The summed E-state index contributed by atoms with van der Waals surface area (Å²) in [4.78, 5) is 23.0. The number of aliphatic hydroxyl groups is 1. The van der Waals surface area contributed by atoms with Crippen LogP contribution >= 0.6 is 0 Å². The van der Waals surface area contributed by atoms with Crippen molar-refractivity contribution in [2.24, 2.45) is 5.18 Å². The van der Waals surface area contributed by atoms with Gasteiger partial charge in [-0.2, -0.15) is 0 Å². The van der Waals surface area contributed by atoms with Crippen LogP contribution in [0.4, 0.5) is 5.69 Å². The number of methoxy groups -OCH3 is 1. The number of anilines is 1. The van der Waals surface area contributed by atoms with E-state index in [1.165, 1.54) is 0 Å². The van der Waals surface area contributed by atoms with Gasteiger partial charge in [-0.3, -0.25) is 4.79 Å². The van der Waals surface area contributed by atoms with Crippen LogP contribution < -0.4 is 10.1 Å². The Kier molecular flexibility index (Phi) is 5.46. The Morgan fingerprint density at radius 2 is 1.78 bits per heavy atom. The number of nitrogens with zero attached hydrogens (tertiary/aromatic N) is 1. The minimum Gasteiger partial charge on any atom is -0.509 e. The lowest BCUT2D eigenvalue weighted by Gasteiger charge is -2.07. The van der Waals surface area contributed by atoms with Gasteiger partial charge in [0.15, 0.2) is 0 Å². The number of rotatable bonds is 6. The summed E-state index contributed by atoms with van der Waals surface area (Å²) in [6.45, 7) is 0. The third-order valence-corrected chi connectivity index (χ3v) is 3.14. The summed E-state index contributed by atoms with van der Waals surface area (Å²) in [6.07, 6.45) is 0.0211. The smallest absolute Gasteiger partial charge is 0.281 e. The molecule has 0 saturated carbocycles. The molecular weight excluding hydrogens is 296 g/mol. The highest BCUT2D eigenvalue weighted by Gasteiger charge is 2.17. The first kappa shape index (κ1) is 16.2. The number of carbonyl (C=O) groups is 1. The highest BCUT2D eigenvalue weighted by molar-refractivity contribution is 6.03. The van der Waals surface area contributed by atoms with Crippen molar-refractivity contribution in [1.82, 2.24) is 0 Å². The second-order valence-corrected chi connectivity index (χ2v) is 4.73. The fraction of sp³-hybridized carbons (Fsp3) is 0.118. The van der Waals surface area contributed by atoms with Crippen molar-refractivity contribution in [3.63, 3.8) is 0 Å². The second kappa shape index (κ2) is 7.74. The van der Waals surface area contributed by atoms with Gasteiger partial charge < -0.3 is 15.2 Å². The molecule has 0 aliphatic carbocycles. The molecule has 0 unspecified atom stereocenters. The highest BCUT2D eigenvalue weighted by Crippen LogP contribution is 2.17. The molecule has 6 heteroatoms. The van der Waals surface area contributed by atoms with Crippen LogP contribution in [0.2, 0.25) is 0 Å². The first-order valence-corrected chi connectivity index (χ1v) is 6.89. The number of nitrogens with one attached hydrogen (secondary N) is 1. The zero-order valence-corrected chi connectivity index (χ0v) is 12.5. The van der Waals surface area contributed by atoms with Crippen molar-refractivity contribution in [3.05, 3.63) is 76.5 Å². The first-order valence-electron chi connectivity index (χ1n) is 6.89. The van der Waals surface area contributed by atoms with Crippen molar-refractivity contribution in [1.29, 1.82) is 0 Å². The van der Waals surface area contributed by atoms with E-state index in [2.05, 4.69) is 10.5 Å². The molecule has 1 amide bonds. The molecule has 2 rings (SSSR count). The summed E-state index contributed by atoms with van der Waals surface area (Å²) >= 11 is 0. The molecule has 0 fully saturated rings. The number of hydrogen-bond donors (Lipinski definition) is 2. The van der Waals surface area contributed by atoms with Crippen LogP contribution in [0.3, 0.4) is 0 Å². The maximum atomic E-state index is 12.0. The van der Waals surface area contributed by atoms with Gasteiger partial charge in [-0.05, 0) is 35.0 Å². The summed E-state index contributed by atoms with van der Waals surface area (Å²) < 4.78 is 5.04. The van der Waals surface area contributed by atoms with E-state index >= 15 is 0 Å². The molecule has 0 heterocycles. The van der Waals surface area contributed by atoms with Crippen LogP contribution in [0.1, 0.15) is 5.56 Å². The Morgan fingerprint density at radius 3 is 2.35 bits per heavy atom. The number of amides is 1. The fourth-order valence-electron chi connectivity index (χ4n) is 1.96. The number of allylic oxidation sites excluding steroid dienone is 1. The summed E-state index contributed by atoms with van der Waals surface area (Å²) in [5.74, 6) is -0.469. The van der Waals surface area contributed by atoms with Gasteiger partial charge in [0.05, 0.1) is 7.11 Å². The van der Waals surface area contributed by atoms with Gasteiger partial charge in [0.1, 0.15) is 11.5 Å². The summed E-state index contributed by atoms with van der Waals surface area (Å²) in [5.41, 5.74) is 0.692. The Labute approximate surface area is 133 Å². The number of aliphatic hydroxyl groups excluding tert-OH is 1. The number of nitroso groups, excluding NO2 is 1. The average molecular weight is 312 g/mol. The van der Waals surface area contributed by atoms with E-state index in [9.17, 15) is 14.8 Å².